The van der Waals surface area contributed by atoms with E-state index >= 15 is 0 Å². The van der Waals surface area contributed by atoms with Crippen LogP contribution in [0.25, 0.3) is 15.7 Å². The zero-order valence-corrected chi connectivity index (χ0v) is 13.2. The molecule has 6 heteroatoms. The van der Waals surface area contributed by atoms with Gasteiger partial charge in [-0.25, -0.2) is 9.83 Å². The number of nitrogens with zero attached hydrogens (tertiary/aromatic N) is 4. The SMILES string of the molecule is [C-]#[N+]c1ccc2ccn(Cc3nccn3CCCCC(=O)O)c2c1. The molecule has 0 bridgehead atoms. The van der Waals surface area contributed by atoms with E-state index in [4.69, 9.17) is 11.7 Å². The minimum atomic E-state index is -0.754. The Labute approximate surface area is 139 Å². The lowest BCUT2D eigenvalue weighted by Gasteiger charge is -2.09. The minimum absolute atomic E-state index is 0.200. The van der Waals surface area contributed by atoms with Crippen molar-refractivity contribution in [2.45, 2.75) is 32.4 Å². The Balaban J connectivity index is 1.74. The van der Waals surface area contributed by atoms with Crippen LogP contribution in [-0.4, -0.2) is 25.2 Å². The number of hydrogen-bond donors (Lipinski definition) is 1. The predicted molar refractivity (Wildman–Crippen MR) is 91.0 cm³/mol. The van der Waals surface area contributed by atoms with Gasteiger partial charge in [0.15, 0.2) is 5.69 Å². The van der Waals surface area contributed by atoms with E-state index in [9.17, 15) is 4.79 Å². The Morgan fingerprint density at radius 1 is 1.21 bits per heavy atom. The number of aryl methyl sites for hydroxylation is 1. The summed E-state index contributed by atoms with van der Waals surface area (Å²) in [5.41, 5.74) is 1.64. The van der Waals surface area contributed by atoms with Gasteiger partial charge >= 0.3 is 5.97 Å². The summed E-state index contributed by atoms with van der Waals surface area (Å²) in [5.74, 6) is 0.173. The standard InChI is InChI=1S/C18H18N4O2/c1-19-15-6-5-14-7-10-22(16(14)12-15)13-17-20-8-11-21(17)9-3-2-4-18(23)24/h5-8,10-12H,2-4,9,13H2,(H,23,24). The van der Waals surface area contributed by atoms with Crippen molar-refractivity contribution in [2.75, 3.05) is 0 Å². The van der Waals surface area contributed by atoms with Gasteiger partial charge in [0, 0.05) is 37.1 Å². The van der Waals surface area contributed by atoms with E-state index in [1.54, 1.807) is 6.20 Å². The summed E-state index contributed by atoms with van der Waals surface area (Å²) in [5, 5.41) is 9.80. The molecule has 0 spiro atoms. The zero-order chi connectivity index (χ0) is 16.9. The molecule has 0 atom stereocenters. The highest BCUT2D eigenvalue weighted by molar-refractivity contribution is 5.83. The van der Waals surface area contributed by atoms with Crippen molar-refractivity contribution in [3.8, 4) is 0 Å². The van der Waals surface area contributed by atoms with E-state index in [1.165, 1.54) is 0 Å². The second kappa shape index (κ2) is 7.01. The fourth-order valence-corrected chi connectivity index (χ4v) is 2.79. The van der Waals surface area contributed by atoms with Gasteiger partial charge in [0.25, 0.3) is 0 Å². The van der Waals surface area contributed by atoms with E-state index in [0.29, 0.717) is 18.7 Å². The number of unbranched alkanes of at least 4 members (excludes halogenated alkanes) is 1. The van der Waals surface area contributed by atoms with Crippen molar-refractivity contribution in [3.63, 3.8) is 0 Å². The Morgan fingerprint density at radius 2 is 2.08 bits per heavy atom. The summed E-state index contributed by atoms with van der Waals surface area (Å²) in [7, 11) is 0. The number of carboxylic acids is 1. The first kappa shape index (κ1) is 15.8. The third kappa shape index (κ3) is 3.46. The molecule has 0 aliphatic rings. The third-order valence-electron chi connectivity index (χ3n) is 4.04. The molecule has 2 aromatic heterocycles. The number of imidazole rings is 1. The largest absolute Gasteiger partial charge is 0.481 e. The molecule has 3 aromatic rings. The first-order valence-corrected chi connectivity index (χ1v) is 7.85. The lowest BCUT2D eigenvalue weighted by molar-refractivity contribution is -0.137. The maximum atomic E-state index is 10.6. The molecule has 0 radical (unpaired) electrons. The molecule has 0 aliphatic carbocycles. The van der Waals surface area contributed by atoms with Gasteiger partial charge in [-0.15, -0.1) is 0 Å². The van der Waals surface area contributed by atoms with Crippen molar-refractivity contribution >= 4 is 22.6 Å². The molecule has 24 heavy (non-hydrogen) atoms. The summed E-state index contributed by atoms with van der Waals surface area (Å²) in [6, 6.07) is 7.70. The Hall–Kier alpha value is -3.07. The number of fused-ring (bicyclic) bond motifs is 1. The van der Waals surface area contributed by atoms with Crippen molar-refractivity contribution in [2.24, 2.45) is 0 Å². The van der Waals surface area contributed by atoms with Crippen LogP contribution >= 0.6 is 0 Å². The smallest absolute Gasteiger partial charge is 0.303 e. The molecule has 0 saturated heterocycles. The first-order chi connectivity index (χ1) is 11.7. The van der Waals surface area contributed by atoms with Crippen LogP contribution in [0.3, 0.4) is 0 Å². The fourth-order valence-electron chi connectivity index (χ4n) is 2.79. The zero-order valence-electron chi connectivity index (χ0n) is 13.2. The van der Waals surface area contributed by atoms with E-state index in [0.717, 1.165) is 29.7 Å². The lowest BCUT2D eigenvalue weighted by atomic mass is 10.2. The Bertz CT molecular complexity index is 901. The maximum Gasteiger partial charge on any atom is 0.303 e. The average Bonchev–Trinajstić information content (AvgIpc) is 3.18. The van der Waals surface area contributed by atoms with Gasteiger partial charge in [-0.1, -0.05) is 12.1 Å². The molecule has 0 amide bonds. The fraction of sp³-hybridized carbons (Fsp3) is 0.278. The minimum Gasteiger partial charge on any atom is -0.481 e. The molecule has 1 N–H and O–H groups in total. The predicted octanol–water partition coefficient (Wildman–Crippen LogP) is 3.69. The average molecular weight is 322 g/mol. The highest BCUT2D eigenvalue weighted by Crippen LogP contribution is 2.23. The third-order valence-corrected chi connectivity index (χ3v) is 4.04. The first-order valence-electron chi connectivity index (χ1n) is 7.85. The number of hydrogen-bond acceptors (Lipinski definition) is 2. The number of carbonyl (C=O) groups is 1. The van der Waals surface area contributed by atoms with E-state index in [1.807, 2.05) is 36.7 Å². The van der Waals surface area contributed by atoms with Crippen LogP contribution in [0.5, 0.6) is 0 Å². The van der Waals surface area contributed by atoms with Gasteiger partial charge in [-0.05, 0) is 30.4 Å². The molecule has 3 rings (SSSR count). The molecule has 0 saturated carbocycles. The number of rotatable bonds is 7. The quantitative estimate of drug-likeness (QED) is 0.533. The van der Waals surface area contributed by atoms with E-state index in [-0.39, 0.29) is 6.42 Å². The maximum absolute atomic E-state index is 10.6. The number of carboxylic acid groups (broad SMARTS) is 1. The Morgan fingerprint density at radius 3 is 2.88 bits per heavy atom. The van der Waals surface area contributed by atoms with Gasteiger partial charge in [0.05, 0.1) is 13.1 Å². The molecule has 0 fully saturated rings. The highest BCUT2D eigenvalue weighted by atomic mass is 16.4. The normalized spacial score (nSPS) is 10.8. The van der Waals surface area contributed by atoms with Crippen molar-refractivity contribution in [1.29, 1.82) is 0 Å². The van der Waals surface area contributed by atoms with Crippen LogP contribution in [0.1, 0.15) is 25.1 Å². The topological polar surface area (TPSA) is 64.4 Å². The number of aromatic nitrogens is 3. The van der Waals surface area contributed by atoms with Crippen LogP contribution in [0, 0.1) is 6.57 Å². The summed E-state index contributed by atoms with van der Waals surface area (Å²) in [4.78, 5) is 18.5. The molecule has 0 aliphatic heterocycles. The van der Waals surface area contributed by atoms with Crippen LogP contribution in [0.15, 0.2) is 42.9 Å². The van der Waals surface area contributed by atoms with Gasteiger partial charge in [-0.2, -0.15) is 0 Å². The molecule has 2 heterocycles. The molecular weight excluding hydrogens is 304 g/mol. The molecule has 6 nitrogen and oxygen atoms in total. The van der Waals surface area contributed by atoms with Crippen molar-refractivity contribution in [1.82, 2.24) is 14.1 Å². The highest BCUT2D eigenvalue weighted by Gasteiger charge is 2.07. The summed E-state index contributed by atoms with van der Waals surface area (Å²) in [6.45, 7) is 8.54. The molecule has 1 aromatic carbocycles. The second-order valence-electron chi connectivity index (χ2n) is 5.69. The van der Waals surface area contributed by atoms with Crippen LogP contribution in [0.2, 0.25) is 0 Å². The second-order valence-corrected chi connectivity index (χ2v) is 5.69. The van der Waals surface area contributed by atoms with Gasteiger partial charge in [0.1, 0.15) is 5.82 Å². The van der Waals surface area contributed by atoms with Gasteiger partial charge in [-0.3, -0.25) is 4.79 Å². The van der Waals surface area contributed by atoms with Crippen LogP contribution < -0.4 is 0 Å². The van der Waals surface area contributed by atoms with Crippen molar-refractivity contribution < 1.29 is 9.90 Å². The molecule has 0 unspecified atom stereocenters. The molecule has 122 valence electrons. The Kier molecular flexibility index (Phi) is 4.62. The van der Waals surface area contributed by atoms with Crippen LogP contribution in [0.4, 0.5) is 5.69 Å². The summed E-state index contributed by atoms with van der Waals surface area (Å²) in [6.07, 6.45) is 7.36. The van der Waals surface area contributed by atoms with Gasteiger partial charge in [0.2, 0.25) is 0 Å². The van der Waals surface area contributed by atoms with Crippen molar-refractivity contribution in [3.05, 3.63) is 60.1 Å². The summed E-state index contributed by atoms with van der Waals surface area (Å²) < 4.78 is 4.15. The monoisotopic (exact) mass is 322 g/mol. The lowest BCUT2D eigenvalue weighted by Crippen LogP contribution is -2.08. The molecular formula is C18H18N4O2. The number of aliphatic carboxylic acids is 1. The van der Waals surface area contributed by atoms with E-state index in [2.05, 4.69) is 19.0 Å². The van der Waals surface area contributed by atoms with Crippen LogP contribution in [-0.2, 0) is 17.9 Å². The summed E-state index contributed by atoms with van der Waals surface area (Å²) >= 11 is 0. The van der Waals surface area contributed by atoms with Gasteiger partial charge < -0.3 is 14.2 Å². The number of benzene rings is 1. The van der Waals surface area contributed by atoms with E-state index < -0.39 is 5.97 Å².